The summed E-state index contributed by atoms with van der Waals surface area (Å²) in [6.07, 6.45) is 4.87. The van der Waals surface area contributed by atoms with E-state index in [2.05, 4.69) is 0 Å². The molecule has 1 aliphatic rings. The molecule has 1 aromatic carbocycles. The van der Waals surface area contributed by atoms with Gasteiger partial charge < -0.3 is 9.13 Å². The predicted molar refractivity (Wildman–Crippen MR) is 97.1 cm³/mol. The Kier molecular flexibility index (Phi) is 3.81. The van der Waals surface area contributed by atoms with Gasteiger partial charge >= 0.3 is 0 Å². The molecule has 2 heterocycles. The van der Waals surface area contributed by atoms with E-state index in [9.17, 15) is 14.9 Å². The molecule has 2 aromatic heterocycles. The fourth-order valence-corrected chi connectivity index (χ4v) is 3.91. The molecular weight excluding hydrogens is 365 g/mol. The molecule has 0 atom stereocenters. The van der Waals surface area contributed by atoms with Gasteiger partial charge in [-0.05, 0) is 31.4 Å². The highest BCUT2D eigenvalue weighted by Gasteiger charge is 2.24. The summed E-state index contributed by atoms with van der Waals surface area (Å²) in [6, 6.07) is 7.87. The van der Waals surface area contributed by atoms with E-state index in [1.807, 2.05) is 10.6 Å². The largest absolute Gasteiger partial charge is 0.312 e. The third kappa shape index (κ3) is 2.53. The lowest BCUT2D eigenvalue weighted by molar-refractivity contribution is -0.384. The van der Waals surface area contributed by atoms with Crippen molar-refractivity contribution >= 4 is 39.9 Å². The first-order chi connectivity index (χ1) is 12.0. The molecule has 0 aliphatic heterocycles. The molecule has 4 rings (SSSR count). The first kappa shape index (κ1) is 16.2. The normalized spacial score (nSPS) is 14.6. The van der Waals surface area contributed by atoms with Crippen LogP contribution in [0, 0.1) is 10.1 Å². The molecule has 1 fully saturated rings. The van der Waals surface area contributed by atoms with Crippen molar-refractivity contribution in [2.24, 2.45) is 0 Å². The predicted octanol–water partition coefficient (Wildman–Crippen LogP) is 4.73. The highest BCUT2D eigenvalue weighted by Crippen LogP contribution is 2.37. The van der Waals surface area contributed by atoms with Crippen LogP contribution in [0.4, 0.5) is 5.69 Å². The molecule has 0 N–H and O–H groups in total. The summed E-state index contributed by atoms with van der Waals surface area (Å²) >= 11 is 12.5. The average molecular weight is 378 g/mol. The zero-order valence-electron chi connectivity index (χ0n) is 13.0. The quantitative estimate of drug-likeness (QED) is 0.489. The number of nitro benzene ring substituents is 1. The lowest BCUT2D eigenvalue weighted by Gasteiger charge is -2.28. The third-order valence-corrected chi connectivity index (χ3v) is 5.25. The number of nitrogens with zero attached hydrogens (tertiary/aromatic N) is 3. The fourth-order valence-electron chi connectivity index (χ4n) is 3.26. The van der Waals surface area contributed by atoms with Gasteiger partial charge in [-0.25, -0.2) is 0 Å². The van der Waals surface area contributed by atoms with E-state index in [0.717, 1.165) is 30.3 Å². The molecule has 0 spiro atoms. The second-order valence-corrected chi connectivity index (χ2v) is 6.91. The topological polar surface area (TPSA) is 70.1 Å². The maximum atomic E-state index is 12.3. The number of nitro groups is 1. The first-order valence-corrected chi connectivity index (χ1v) is 8.59. The van der Waals surface area contributed by atoms with Gasteiger partial charge in [0.1, 0.15) is 0 Å². The Bertz CT molecular complexity index is 1040. The minimum absolute atomic E-state index is 0.0316. The minimum atomic E-state index is -0.538. The monoisotopic (exact) mass is 377 g/mol. The number of aromatic nitrogens is 2. The number of hydrogen-bond donors (Lipinski definition) is 0. The van der Waals surface area contributed by atoms with Gasteiger partial charge in [0.05, 0.1) is 31.7 Å². The SMILES string of the molecule is O=c1ccc2c(ccn2-c2c(Cl)cc([N+](=O)[O-])cc2Cl)n1C1CCC1. The number of hydrogen-bond acceptors (Lipinski definition) is 3. The summed E-state index contributed by atoms with van der Waals surface area (Å²) < 4.78 is 3.57. The molecule has 0 saturated heterocycles. The zero-order valence-corrected chi connectivity index (χ0v) is 14.5. The maximum absolute atomic E-state index is 12.3. The van der Waals surface area contributed by atoms with Crippen LogP contribution in [-0.2, 0) is 0 Å². The molecule has 128 valence electrons. The van der Waals surface area contributed by atoms with Gasteiger partial charge in [-0.15, -0.1) is 0 Å². The van der Waals surface area contributed by atoms with Crippen LogP contribution in [0.1, 0.15) is 25.3 Å². The van der Waals surface area contributed by atoms with E-state index >= 15 is 0 Å². The van der Waals surface area contributed by atoms with E-state index in [0.29, 0.717) is 5.69 Å². The Hall–Kier alpha value is -2.31. The van der Waals surface area contributed by atoms with E-state index in [1.54, 1.807) is 16.8 Å². The summed E-state index contributed by atoms with van der Waals surface area (Å²) in [5.74, 6) is 0. The van der Waals surface area contributed by atoms with Gasteiger partial charge in [0, 0.05) is 30.4 Å². The molecule has 3 aromatic rings. The average Bonchev–Trinajstić information content (AvgIpc) is 2.91. The van der Waals surface area contributed by atoms with Gasteiger partial charge in [-0.1, -0.05) is 23.2 Å². The zero-order chi connectivity index (χ0) is 17.7. The summed E-state index contributed by atoms with van der Waals surface area (Å²) in [4.78, 5) is 22.7. The molecule has 1 saturated carbocycles. The molecule has 25 heavy (non-hydrogen) atoms. The Morgan fingerprint density at radius 3 is 2.32 bits per heavy atom. The van der Waals surface area contributed by atoms with Gasteiger partial charge in [-0.3, -0.25) is 14.9 Å². The van der Waals surface area contributed by atoms with Crippen molar-refractivity contribution in [1.29, 1.82) is 0 Å². The summed E-state index contributed by atoms with van der Waals surface area (Å²) in [5.41, 5.74) is 1.85. The number of fused-ring (bicyclic) bond motifs is 1. The molecule has 8 heteroatoms. The Morgan fingerprint density at radius 2 is 1.76 bits per heavy atom. The van der Waals surface area contributed by atoms with E-state index in [1.165, 1.54) is 18.2 Å². The molecular formula is C17H13Cl2N3O3. The second-order valence-electron chi connectivity index (χ2n) is 6.10. The van der Waals surface area contributed by atoms with Crippen LogP contribution >= 0.6 is 23.2 Å². The third-order valence-electron chi connectivity index (χ3n) is 4.68. The van der Waals surface area contributed by atoms with E-state index in [-0.39, 0.29) is 27.3 Å². The number of halogens is 2. The van der Waals surface area contributed by atoms with Crippen LogP contribution in [0.2, 0.25) is 10.0 Å². The molecule has 0 radical (unpaired) electrons. The second kappa shape index (κ2) is 5.89. The van der Waals surface area contributed by atoms with Crippen molar-refractivity contribution in [1.82, 2.24) is 9.13 Å². The van der Waals surface area contributed by atoms with E-state index in [4.69, 9.17) is 23.2 Å². The Labute approximate surface area is 152 Å². The molecule has 0 bridgehead atoms. The van der Waals surface area contributed by atoms with Crippen LogP contribution < -0.4 is 5.56 Å². The number of pyridine rings is 1. The highest BCUT2D eigenvalue weighted by atomic mass is 35.5. The van der Waals surface area contributed by atoms with Gasteiger partial charge in [-0.2, -0.15) is 0 Å². The van der Waals surface area contributed by atoms with Crippen LogP contribution in [0.3, 0.4) is 0 Å². The summed E-state index contributed by atoms with van der Waals surface area (Å²) in [6.45, 7) is 0. The number of rotatable bonds is 3. The van der Waals surface area contributed by atoms with Crippen molar-refractivity contribution in [3.63, 3.8) is 0 Å². The van der Waals surface area contributed by atoms with Crippen molar-refractivity contribution in [2.45, 2.75) is 25.3 Å². The molecule has 0 unspecified atom stereocenters. The van der Waals surface area contributed by atoms with Crippen LogP contribution in [0.25, 0.3) is 16.7 Å². The van der Waals surface area contributed by atoms with Gasteiger partial charge in [0.2, 0.25) is 0 Å². The summed E-state index contributed by atoms with van der Waals surface area (Å²) in [5, 5.41) is 11.3. The van der Waals surface area contributed by atoms with Crippen molar-refractivity contribution in [3.05, 3.63) is 67.0 Å². The maximum Gasteiger partial charge on any atom is 0.272 e. The Balaban J connectivity index is 1.94. The van der Waals surface area contributed by atoms with E-state index < -0.39 is 4.92 Å². The number of non-ortho nitro benzene ring substituents is 1. The number of benzene rings is 1. The van der Waals surface area contributed by atoms with Crippen molar-refractivity contribution in [3.8, 4) is 5.69 Å². The Morgan fingerprint density at radius 1 is 1.08 bits per heavy atom. The minimum Gasteiger partial charge on any atom is -0.312 e. The molecule has 1 aliphatic carbocycles. The van der Waals surface area contributed by atoms with Crippen LogP contribution in [0.15, 0.2) is 41.3 Å². The smallest absolute Gasteiger partial charge is 0.272 e. The standard InChI is InChI=1S/C17H13Cl2N3O3/c18-12-8-11(22(24)25)9-13(19)17(12)20-7-6-15-14(20)4-5-16(23)21(15)10-2-1-3-10/h4-10H,1-3H2. The van der Waals surface area contributed by atoms with Crippen molar-refractivity contribution < 1.29 is 4.92 Å². The lowest BCUT2D eigenvalue weighted by Crippen LogP contribution is -2.28. The first-order valence-electron chi connectivity index (χ1n) is 7.84. The van der Waals surface area contributed by atoms with Crippen LogP contribution in [0.5, 0.6) is 0 Å². The fraction of sp³-hybridized carbons (Fsp3) is 0.235. The highest BCUT2D eigenvalue weighted by molar-refractivity contribution is 6.38. The molecule has 0 amide bonds. The van der Waals surface area contributed by atoms with Gasteiger partial charge in [0.15, 0.2) is 0 Å². The summed E-state index contributed by atoms with van der Waals surface area (Å²) in [7, 11) is 0. The van der Waals surface area contributed by atoms with Crippen LogP contribution in [-0.4, -0.2) is 14.1 Å². The molecule has 6 nitrogen and oxygen atoms in total. The lowest BCUT2D eigenvalue weighted by atomic mass is 9.92. The van der Waals surface area contributed by atoms with Crippen molar-refractivity contribution in [2.75, 3.05) is 0 Å². The van der Waals surface area contributed by atoms with Gasteiger partial charge in [0.25, 0.3) is 11.2 Å².